The average molecular weight is 327 g/mol. The third-order valence-electron chi connectivity index (χ3n) is 4.07. The van der Waals surface area contributed by atoms with E-state index < -0.39 is 0 Å². The lowest BCUT2D eigenvalue weighted by Crippen LogP contribution is -2.17. The van der Waals surface area contributed by atoms with E-state index in [1.165, 1.54) is 18.4 Å². The first-order valence-electron chi connectivity index (χ1n) is 7.01. The van der Waals surface area contributed by atoms with Crippen molar-refractivity contribution >= 4 is 41.3 Å². The van der Waals surface area contributed by atoms with Crippen LogP contribution in [0.4, 0.5) is 0 Å². The molecule has 0 bridgehead atoms. The fourth-order valence-electron chi connectivity index (χ4n) is 2.88. The van der Waals surface area contributed by atoms with E-state index in [9.17, 15) is 9.59 Å². The molecule has 5 heteroatoms. The minimum absolute atomic E-state index is 0.0473. The first kappa shape index (κ1) is 16.2. The number of alkyl halides is 1. The second-order valence-corrected chi connectivity index (χ2v) is 7.11. The molecule has 2 rings (SSSR count). The van der Waals surface area contributed by atoms with Crippen LogP contribution < -0.4 is 0 Å². The number of esters is 1. The van der Waals surface area contributed by atoms with Crippen molar-refractivity contribution < 1.29 is 14.3 Å². The van der Waals surface area contributed by atoms with Crippen LogP contribution in [0.15, 0.2) is 18.2 Å². The Morgan fingerprint density at radius 2 is 2.29 bits per heavy atom. The van der Waals surface area contributed by atoms with Gasteiger partial charge in [0.2, 0.25) is 0 Å². The predicted octanol–water partition coefficient (Wildman–Crippen LogP) is 4.02. The van der Waals surface area contributed by atoms with Gasteiger partial charge in [-0.2, -0.15) is 0 Å². The van der Waals surface area contributed by atoms with Crippen LogP contribution in [-0.4, -0.2) is 24.7 Å². The maximum atomic E-state index is 11.4. The summed E-state index contributed by atoms with van der Waals surface area (Å²) in [6, 6.07) is 3.65. The molecule has 1 saturated carbocycles. The Kier molecular flexibility index (Phi) is 5.59. The molecule has 0 saturated heterocycles. The summed E-state index contributed by atoms with van der Waals surface area (Å²) < 4.78 is 4.68. The summed E-state index contributed by atoms with van der Waals surface area (Å²) in [5.41, 5.74) is 0. The number of carbonyl (C=O) groups excluding carboxylic acids is 2. The number of ether oxygens (including phenoxy) is 1. The molecule has 0 spiro atoms. The van der Waals surface area contributed by atoms with E-state index in [1.807, 2.05) is 18.2 Å². The SMILES string of the molecule is COC(=O)c1ccc(/C=C/C[C@@H]2[C@@H](C=O)[C@H](C)C[C@H]2Cl)s1. The summed E-state index contributed by atoms with van der Waals surface area (Å²) >= 11 is 7.73. The van der Waals surface area contributed by atoms with Gasteiger partial charge in [-0.1, -0.05) is 13.0 Å². The standard InChI is InChI=1S/C16H19ClO3S/c1-10-8-14(17)12(13(10)9-18)5-3-4-11-6-7-15(21-11)16(19)20-2/h3-4,6-7,9-10,12-14H,5,8H2,1-2H3/b4-3+/t10-,12-,13+,14-/m1/s1. The highest BCUT2D eigenvalue weighted by molar-refractivity contribution is 7.14. The molecule has 21 heavy (non-hydrogen) atoms. The van der Waals surface area contributed by atoms with Crippen LogP contribution in [0.5, 0.6) is 0 Å². The third-order valence-corrected chi connectivity index (χ3v) is 5.61. The van der Waals surface area contributed by atoms with Crippen molar-refractivity contribution in [2.75, 3.05) is 7.11 Å². The molecule has 0 radical (unpaired) electrons. The van der Waals surface area contributed by atoms with E-state index >= 15 is 0 Å². The molecular formula is C16H19ClO3S. The molecule has 1 aliphatic carbocycles. The van der Waals surface area contributed by atoms with Gasteiger partial charge in [0, 0.05) is 16.2 Å². The number of aldehydes is 1. The maximum absolute atomic E-state index is 11.4. The molecule has 0 amide bonds. The number of hydrogen-bond donors (Lipinski definition) is 0. The molecule has 4 atom stereocenters. The van der Waals surface area contributed by atoms with Gasteiger partial charge in [0.05, 0.1) is 7.11 Å². The number of halogens is 1. The van der Waals surface area contributed by atoms with Crippen molar-refractivity contribution in [1.82, 2.24) is 0 Å². The lowest BCUT2D eigenvalue weighted by Gasteiger charge is -2.16. The van der Waals surface area contributed by atoms with Gasteiger partial charge in [0.15, 0.2) is 0 Å². The second kappa shape index (κ2) is 7.23. The van der Waals surface area contributed by atoms with E-state index in [1.54, 1.807) is 6.07 Å². The molecule has 1 fully saturated rings. The van der Waals surface area contributed by atoms with Crippen molar-refractivity contribution in [2.24, 2.45) is 17.8 Å². The molecule has 0 aliphatic heterocycles. The Labute approximate surface area is 133 Å². The van der Waals surface area contributed by atoms with Gasteiger partial charge in [-0.3, -0.25) is 0 Å². The summed E-state index contributed by atoms with van der Waals surface area (Å²) in [5.74, 6) is 0.295. The highest BCUT2D eigenvalue weighted by Crippen LogP contribution is 2.41. The van der Waals surface area contributed by atoms with Crippen LogP contribution in [0.25, 0.3) is 6.08 Å². The molecule has 1 heterocycles. The molecule has 0 unspecified atom stereocenters. The lowest BCUT2D eigenvalue weighted by molar-refractivity contribution is -0.112. The van der Waals surface area contributed by atoms with Crippen molar-refractivity contribution in [3.8, 4) is 0 Å². The topological polar surface area (TPSA) is 43.4 Å². The maximum Gasteiger partial charge on any atom is 0.348 e. The fraction of sp³-hybridized carbons (Fsp3) is 0.500. The van der Waals surface area contributed by atoms with Crippen LogP contribution in [0, 0.1) is 17.8 Å². The minimum atomic E-state index is -0.314. The van der Waals surface area contributed by atoms with Crippen LogP contribution in [0.2, 0.25) is 0 Å². The number of thiophene rings is 1. The van der Waals surface area contributed by atoms with Crippen molar-refractivity contribution in [2.45, 2.75) is 25.1 Å². The van der Waals surface area contributed by atoms with Crippen molar-refractivity contribution in [1.29, 1.82) is 0 Å². The van der Waals surface area contributed by atoms with Gasteiger partial charge >= 0.3 is 5.97 Å². The number of allylic oxidation sites excluding steroid dienone is 1. The predicted molar refractivity (Wildman–Crippen MR) is 85.8 cm³/mol. The second-order valence-electron chi connectivity index (χ2n) is 5.44. The normalized spacial score (nSPS) is 28.9. The van der Waals surface area contributed by atoms with Crippen molar-refractivity contribution in [3.05, 3.63) is 28.0 Å². The number of carbonyl (C=O) groups is 2. The number of methoxy groups -OCH3 is 1. The summed E-state index contributed by atoms with van der Waals surface area (Å²) in [6.07, 6.45) is 6.75. The minimum Gasteiger partial charge on any atom is -0.465 e. The molecule has 1 aliphatic rings. The highest BCUT2D eigenvalue weighted by Gasteiger charge is 2.39. The van der Waals surface area contributed by atoms with Gasteiger partial charge < -0.3 is 9.53 Å². The Bertz CT molecular complexity index is 537. The smallest absolute Gasteiger partial charge is 0.348 e. The zero-order chi connectivity index (χ0) is 15.4. The molecule has 0 N–H and O–H groups in total. The van der Waals surface area contributed by atoms with Gasteiger partial charge in [0.25, 0.3) is 0 Å². The molecule has 3 nitrogen and oxygen atoms in total. The quantitative estimate of drug-likeness (QED) is 0.466. The first-order chi connectivity index (χ1) is 10.1. The van der Waals surface area contributed by atoms with E-state index in [0.29, 0.717) is 10.8 Å². The monoisotopic (exact) mass is 326 g/mol. The van der Waals surface area contributed by atoms with Gasteiger partial charge in [-0.05, 0) is 42.9 Å². The number of hydrogen-bond acceptors (Lipinski definition) is 4. The van der Waals surface area contributed by atoms with E-state index in [2.05, 4.69) is 11.7 Å². The van der Waals surface area contributed by atoms with E-state index in [0.717, 1.165) is 24.0 Å². The summed E-state index contributed by atoms with van der Waals surface area (Å²) in [4.78, 5) is 24.2. The Hall–Kier alpha value is -1.13. The Balaban J connectivity index is 1.97. The summed E-state index contributed by atoms with van der Waals surface area (Å²) in [7, 11) is 1.37. The van der Waals surface area contributed by atoms with E-state index in [-0.39, 0.29) is 23.2 Å². The number of rotatable bonds is 5. The summed E-state index contributed by atoms with van der Waals surface area (Å²) in [5, 5.41) is 0.0637. The molecule has 0 aromatic carbocycles. The highest BCUT2D eigenvalue weighted by atomic mass is 35.5. The molecule has 1 aromatic rings. The lowest BCUT2D eigenvalue weighted by atomic mass is 9.89. The van der Waals surface area contributed by atoms with Gasteiger partial charge in [-0.25, -0.2) is 4.79 Å². The van der Waals surface area contributed by atoms with Crippen LogP contribution in [-0.2, 0) is 9.53 Å². The summed E-state index contributed by atoms with van der Waals surface area (Å²) in [6.45, 7) is 2.08. The zero-order valence-electron chi connectivity index (χ0n) is 12.1. The van der Waals surface area contributed by atoms with Crippen LogP contribution in [0.1, 0.15) is 34.3 Å². The Morgan fingerprint density at radius 1 is 1.52 bits per heavy atom. The largest absolute Gasteiger partial charge is 0.465 e. The molecule has 114 valence electrons. The van der Waals surface area contributed by atoms with Gasteiger partial charge in [0.1, 0.15) is 11.2 Å². The van der Waals surface area contributed by atoms with Crippen LogP contribution in [0.3, 0.4) is 0 Å². The molecular weight excluding hydrogens is 308 g/mol. The Morgan fingerprint density at radius 3 is 2.95 bits per heavy atom. The fourth-order valence-corrected chi connectivity index (χ4v) is 4.29. The molecule has 1 aromatic heterocycles. The van der Waals surface area contributed by atoms with Crippen LogP contribution >= 0.6 is 22.9 Å². The zero-order valence-corrected chi connectivity index (χ0v) is 13.7. The van der Waals surface area contributed by atoms with Gasteiger partial charge in [-0.15, -0.1) is 22.9 Å². The third kappa shape index (κ3) is 3.74. The first-order valence-corrected chi connectivity index (χ1v) is 8.26. The van der Waals surface area contributed by atoms with Crippen molar-refractivity contribution in [3.63, 3.8) is 0 Å². The van der Waals surface area contributed by atoms with E-state index in [4.69, 9.17) is 11.6 Å². The average Bonchev–Trinajstić information content (AvgIpc) is 3.03.